The van der Waals surface area contributed by atoms with E-state index in [1.165, 1.54) is 24.3 Å². The molecule has 5 nitrogen and oxygen atoms in total. The molecule has 0 spiro atoms. The molecule has 146 valence electrons. The second-order valence-electron chi connectivity index (χ2n) is 6.24. The van der Waals surface area contributed by atoms with Gasteiger partial charge in [-0.15, -0.1) is 0 Å². The number of nitrogens with one attached hydrogen (secondary N) is 1. The van der Waals surface area contributed by atoms with Crippen LogP contribution in [0.15, 0.2) is 48.5 Å². The summed E-state index contributed by atoms with van der Waals surface area (Å²) < 4.78 is 51.9. The average molecular weight is 396 g/mol. The molecular weight excluding hydrogens is 374 g/mol. The SMILES string of the molecule is CC[C@@H](C(=O)N[C@H](C)c1ccc(F)cc1)N(c1ccc(F)cc1)S(C)(=O)=O. The third-order valence-corrected chi connectivity index (χ3v) is 5.32. The number of halogens is 2. The second-order valence-corrected chi connectivity index (χ2v) is 8.10. The fourth-order valence-corrected chi connectivity index (χ4v) is 4.00. The van der Waals surface area contributed by atoms with Crippen LogP contribution in [0, 0.1) is 11.6 Å². The van der Waals surface area contributed by atoms with Crippen molar-refractivity contribution in [1.82, 2.24) is 5.32 Å². The number of hydrogen-bond acceptors (Lipinski definition) is 3. The van der Waals surface area contributed by atoms with Gasteiger partial charge in [0, 0.05) is 0 Å². The van der Waals surface area contributed by atoms with Gasteiger partial charge in [0.25, 0.3) is 0 Å². The predicted molar refractivity (Wildman–Crippen MR) is 101 cm³/mol. The average Bonchev–Trinajstić information content (AvgIpc) is 2.60. The Kier molecular flexibility index (Phi) is 6.54. The minimum atomic E-state index is -3.79. The first-order valence-corrected chi connectivity index (χ1v) is 10.3. The summed E-state index contributed by atoms with van der Waals surface area (Å²) in [6.07, 6.45) is 1.21. The molecule has 2 rings (SSSR count). The fraction of sp³-hybridized carbons (Fsp3) is 0.316. The largest absolute Gasteiger partial charge is 0.348 e. The Hall–Kier alpha value is -2.48. The van der Waals surface area contributed by atoms with Crippen molar-refractivity contribution in [3.63, 3.8) is 0 Å². The van der Waals surface area contributed by atoms with Crippen molar-refractivity contribution in [2.75, 3.05) is 10.6 Å². The van der Waals surface area contributed by atoms with Crippen LogP contribution in [0.3, 0.4) is 0 Å². The highest BCUT2D eigenvalue weighted by atomic mass is 32.2. The second kappa shape index (κ2) is 8.47. The van der Waals surface area contributed by atoms with Gasteiger partial charge in [-0.25, -0.2) is 17.2 Å². The molecule has 0 saturated carbocycles. The van der Waals surface area contributed by atoms with Crippen LogP contribution in [0.2, 0.25) is 0 Å². The zero-order valence-electron chi connectivity index (χ0n) is 15.3. The zero-order valence-corrected chi connectivity index (χ0v) is 16.1. The minimum absolute atomic E-state index is 0.204. The van der Waals surface area contributed by atoms with Gasteiger partial charge in [-0.3, -0.25) is 9.10 Å². The molecule has 1 amide bonds. The van der Waals surface area contributed by atoms with Gasteiger partial charge in [0.1, 0.15) is 17.7 Å². The van der Waals surface area contributed by atoms with E-state index in [-0.39, 0.29) is 17.9 Å². The molecule has 8 heteroatoms. The quantitative estimate of drug-likeness (QED) is 0.780. The predicted octanol–water partition coefficient (Wildman–Crippen LogP) is 3.39. The number of amides is 1. The van der Waals surface area contributed by atoms with Crippen LogP contribution in [0.25, 0.3) is 0 Å². The zero-order chi connectivity index (χ0) is 20.2. The molecule has 2 aromatic rings. The van der Waals surface area contributed by atoms with E-state index in [4.69, 9.17) is 0 Å². The number of hydrogen-bond donors (Lipinski definition) is 1. The van der Waals surface area contributed by atoms with Crippen molar-refractivity contribution >= 4 is 21.6 Å². The van der Waals surface area contributed by atoms with Gasteiger partial charge in [-0.2, -0.15) is 0 Å². The molecule has 0 saturated heterocycles. The summed E-state index contributed by atoms with van der Waals surface area (Å²) >= 11 is 0. The molecule has 2 atom stereocenters. The maximum atomic E-state index is 13.2. The molecular formula is C19H22F2N2O3S. The van der Waals surface area contributed by atoms with Crippen molar-refractivity contribution in [3.8, 4) is 0 Å². The van der Waals surface area contributed by atoms with Crippen LogP contribution in [-0.2, 0) is 14.8 Å². The number of anilines is 1. The molecule has 2 aromatic carbocycles. The van der Waals surface area contributed by atoms with E-state index in [1.54, 1.807) is 26.0 Å². The highest BCUT2D eigenvalue weighted by Crippen LogP contribution is 2.23. The van der Waals surface area contributed by atoms with Crippen LogP contribution >= 0.6 is 0 Å². The Morgan fingerprint density at radius 2 is 1.52 bits per heavy atom. The number of carbonyl (C=O) groups excluding carboxylic acids is 1. The number of sulfonamides is 1. The van der Waals surface area contributed by atoms with Gasteiger partial charge in [0.2, 0.25) is 15.9 Å². The van der Waals surface area contributed by atoms with E-state index in [0.29, 0.717) is 5.56 Å². The number of rotatable bonds is 7. The summed E-state index contributed by atoms with van der Waals surface area (Å²) in [6.45, 7) is 3.41. The number of carbonyl (C=O) groups is 1. The van der Waals surface area contributed by atoms with E-state index in [2.05, 4.69) is 5.32 Å². The molecule has 0 fully saturated rings. The van der Waals surface area contributed by atoms with Crippen LogP contribution in [0.1, 0.15) is 31.9 Å². The number of benzene rings is 2. The fourth-order valence-electron chi connectivity index (χ4n) is 2.79. The lowest BCUT2D eigenvalue weighted by Gasteiger charge is -2.31. The molecule has 0 aromatic heterocycles. The Bertz CT molecular complexity index is 884. The number of nitrogens with zero attached hydrogens (tertiary/aromatic N) is 1. The lowest BCUT2D eigenvalue weighted by Crippen LogP contribution is -2.49. The Labute approximate surface area is 158 Å². The van der Waals surface area contributed by atoms with Gasteiger partial charge < -0.3 is 5.32 Å². The summed E-state index contributed by atoms with van der Waals surface area (Å²) in [6, 6.07) is 9.14. The molecule has 0 radical (unpaired) electrons. The van der Waals surface area contributed by atoms with Crippen molar-refractivity contribution in [2.45, 2.75) is 32.4 Å². The highest BCUT2D eigenvalue weighted by molar-refractivity contribution is 7.92. The topological polar surface area (TPSA) is 66.5 Å². The van der Waals surface area contributed by atoms with Crippen LogP contribution in [0.4, 0.5) is 14.5 Å². The third-order valence-electron chi connectivity index (χ3n) is 4.14. The maximum Gasteiger partial charge on any atom is 0.244 e. The van der Waals surface area contributed by atoms with Gasteiger partial charge >= 0.3 is 0 Å². The Balaban J connectivity index is 2.28. The van der Waals surface area contributed by atoms with Crippen LogP contribution in [0.5, 0.6) is 0 Å². The van der Waals surface area contributed by atoms with Gasteiger partial charge in [0.05, 0.1) is 18.0 Å². The highest BCUT2D eigenvalue weighted by Gasteiger charge is 2.32. The van der Waals surface area contributed by atoms with Gasteiger partial charge in [-0.05, 0) is 55.3 Å². The molecule has 0 bridgehead atoms. The van der Waals surface area contributed by atoms with Crippen molar-refractivity contribution < 1.29 is 22.0 Å². The monoisotopic (exact) mass is 396 g/mol. The van der Waals surface area contributed by atoms with E-state index < -0.39 is 33.8 Å². The van der Waals surface area contributed by atoms with E-state index in [0.717, 1.165) is 22.7 Å². The van der Waals surface area contributed by atoms with E-state index in [1.807, 2.05) is 0 Å². The Morgan fingerprint density at radius 3 is 1.96 bits per heavy atom. The van der Waals surface area contributed by atoms with Crippen LogP contribution < -0.4 is 9.62 Å². The van der Waals surface area contributed by atoms with Crippen LogP contribution in [-0.4, -0.2) is 26.6 Å². The van der Waals surface area contributed by atoms with Crippen molar-refractivity contribution in [3.05, 3.63) is 65.7 Å². The molecule has 0 heterocycles. The van der Waals surface area contributed by atoms with Crippen molar-refractivity contribution in [2.24, 2.45) is 0 Å². The minimum Gasteiger partial charge on any atom is -0.348 e. The first kappa shape index (κ1) is 20.8. The Morgan fingerprint density at radius 1 is 1.04 bits per heavy atom. The molecule has 27 heavy (non-hydrogen) atoms. The molecule has 0 aliphatic rings. The van der Waals surface area contributed by atoms with Crippen molar-refractivity contribution in [1.29, 1.82) is 0 Å². The lowest BCUT2D eigenvalue weighted by molar-refractivity contribution is -0.122. The standard InChI is InChI=1S/C19H22F2N2O3S/c1-4-18(19(24)22-13(2)14-5-7-15(20)8-6-14)23(27(3,25)26)17-11-9-16(21)10-12-17/h5-13,18H,4H2,1-3H3,(H,22,24)/t13-,18+/m1/s1. The lowest BCUT2D eigenvalue weighted by atomic mass is 10.1. The molecule has 1 N–H and O–H groups in total. The summed E-state index contributed by atoms with van der Waals surface area (Å²) in [5.41, 5.74) is 0.891. The first-order valence-electron chi connectivity index (χ1n) is 8.44. The first-order chi connectivity index (χ1) is 12.6. The molecule has 0 unspecified atom stereocenters. The third kappa shape index (κ3) is 5.26. The van der Waals surface area contributed by atoms with Gasteiger partial charge in [-0.1, -0.05) is 19.1 Å². The smallest absolute Gasteiger partial charge is 0.244 e. The molecule has 0 aliphatic carbocycles. The van der Waals surface area contributed by atoms with E-state index >= 15 is 0 Å². The van der Waals surface area contributed by atoms with E-state index in [9.17, 15) is 22.0 Å². The summed E-state index contributed by atoms with van der Waals surface area (Å²) in [4.78, 5) is 12.8. The molecule has 0 aliphatic heterocycles. The van der Waals surface area contributed by atoms with Gasteiger partial charge in [0.15, 0.2) is 0 Å². The summed E-state index contributed by atoms with van der Waals surface area (Å²) in [5.74, 6) is -1.39. The maximum absolute atomic E-state index is 13.2. The summed E-state index contributed by atoms with van der Waals surface area (Å²) in [5, 5.41) is 2.76. The normalized spacial score (nSPS) is 13.7. The summed E-state index contributed by atoms with van der Waals surface area (Å²) in [7, 11) is -3.79.